The molecule has 0 heterocycles. The van der Waals surface area contributed by atoms with Crippen molar-refractivity contribution in [2.75, 3.05) is 13.2 Å². The smallest absolute Gasteiger partial charge is 0.161 e. The molecule has 0 fully saturated rings. The summed E-state index contributed by atoms with van der Waals surface area (Å²) in [4.78, 5) is 10.6. The fourth-order valence-electron chi connectivity index (χ4n) is 1.64. The molecule has 0 unspecified atom stereocenters. The van der Waals surface area contributed by atoms with Crippen LogP contribution in [0, 0.1) is 0 Å². The minimum absolute atomic E-state index is 0.112. The minimum Gasteiger partial charge on any atom is -0.550 e. The van der Waals surface area contributed by atoms with Gasteiger partial charge in [-0.1, -0.05) is 0 Å². The van der Waals surface area contributed by atoms with Crippen LogP contribution in [-0.2, 0) is 4.79 Å². The molecule has 0 spiro atoms. The van der Waals surface area contributed by atoms with Gasteiger partial charge in [0.15, 0.2) is 11.5 Å². The van der Waals surface area contributed by atoms with Crippen molar-refractivity contribution in [3.8, 4) is 11.5 Å². The van der Waals surface area contributed by atoms with Gasteiger partial charge in [-0.3, -0.25) is 0 Å². The van der Waals surface area contributed by atoms with Crippen LogP contribution in [0.2, 0.25) is 0 Å². The van der Waals surface area contributed by atoms with E-state index in [2.05, 4.69) is 5.73 Å². The summed E-state index contributed by atoms with van der Waals surface area (Å²) in [5.41, 5.74) is 4.61. The Morgan fingerprint density at radius 1 is 1.28 bits per heavy atom. The molecule has 0 aliphatic rings. The van der Waals surface area contributed by atoms with Crippen LogP contribution >= 0.6 is 0 Å². The lowest BCUT2D eigenvalue weighted by atomic mass is 10.0. The molecule has 1 aromatic carbocycles. The van der Waals surface area contributed by atoms with Gasteiger partial charge in [0.05, 0.1) is 13.2 Å². The number of hydrogen-bond acceptors (Lipinski definition) is 4. The number of carboxylic acid groups (broad SMARTS) is 1. The largest absolute Gasteiger partial charge is 0.550 e. The van der Waals surface area contributed by atoms with E-state index in [9.17, 15) is 9.90 Å². The van der Waals surface area contributed by atoms with Crippen LogP contribution in [0.15, 0.2) is 18.2 Å². The highest BCUT2D eigenvalue weighted by atomic mass is 16.5. The summed E-state index contributed by atoms with van der Waals surface area (Å²) in [6, 6.07) is 4.99. The molecular weight excluding hydrogens is 234 g/mol. The molecule has 5 heteroatoms. The molecule has 1 aromatic rings. The zero-order chi connectivity index (χ0) is 13.5. The van der Waals surface area contributed by atoms with Crippen molar-refractivity contribution < 1.29 is 25.1 Å². The van der Waals surface area contributed by atoms with E-state index in [-0.39, 0.29) is 12.5 Å². The van der Waals surface area contributed by atoms with Gasteiger partial charge in [0.1, 0.15) is 6.04 Å². The summed E-state index contributed by atoms with van der Waals surface area (Å²) in [6.45, 7) is 4.84. The highest BCUT2D eigenvalue weighted by Gasteiger charge is 2.14. The van der Waals surface area contributed by atoms with Gasteiger partial charge < -0.3 is 25.1 Å². The normalized spacial score (nSPS) is 11.9. The average molecular weight is 253 g/mol. The molecule has 0 saturated heterocycles. The number of benzene rings is 1. The Balaban J connectivity index is 2.94. The van der Waals surface area contributed by atoms with Crippen LogP contribution in [-0.4, -0.2) is 19.2 Å². The molecule has 1 atom stereocenters. The summed E-state index contributed by atoms with van der Waals surface area (Å²) in [6.07, 6.45) is -0.112. The van der Waals surface area contributed by atoms with E-state index >= 15 is 0 Å². The molecular formula is C13H19NO4. The molecule has 100 valence electrons. The van der Waals surface area contributed by atoms with Gasteiger partial charge in [0.25, 0.3) is 0 Å². The number of quaternary nitrogens is 1. The van der Waals surface area contributed by atoms with Crippen LogP contribution in [0.1, 0.15) is 31.9 Å². The molecule has 3 N–H and O–H groups in total. The monoisotopic (exact) mass is 253 g/mol. The first kappa shape index (κ1) is 14.3. The lowest BCUT2D eigenvalue weighted by Gasteiger charge is -2.14. The fraction of sp³-hybridized carbons (Fsp3) is 0.462. The Morgan fingerprint density at radius 3 is 2.44 bits per heavy atom. The number of carbonyl (C=O) groups excluding carboxylic acids is 1. The second kappa shape index (κ2) is 6.86. The topological polar surface area (TPSA) is 86.2 Å². The van der Waals surface area contributed by atoms with E-state index in [0.717, 1.165) is 5.56 Å². The quantitative estimate of drug-likeness (QED) is 0.735. The maximum Gasteiger partial charge on any atom is 0.161 e. The van der Waals surface area contributed by atoms with Gasteiger partial charge >= 0.3 is 0 Å². The molecule has 0 radical (unpaired) electrons. The zero-order valence-electron chi connectivity index (χ0n) is 10.8. The molecule has 1 rings (SSSR count). The summed E-state index contributed by atoms with van der Waals surface area (Å²) >= 11 is 0. The van der Waals surface area contributed by atoms with Gasteiger partial charge in [-0.05, 0) is 32.0 Å². The molecule has 0 saturated carbocycles. The van der Waals surface area contributed by atoms with Crippen molar-refractivity contribution in [2.45, 2.75) is 26.3 Å². The average Bonchev–Trinajstić information content (AvgIpc) is 2.31. The molecule has 0 aliphatic heterocycles. The number of carboxylic acids is 1. The molecule has 0 aliphatic carbocycles. The number of hydrogen-bond donors (Lipinski definition) is 1. The fourth-order valence-corrected chi connectivity index (χ4v) is 1.64. The van der Waals surface area contributed by atoms with E-state index in [1.807, 2.05) is 13.8 Å². The first-order valence-electron chi connectivity index (χ1n) is 6.00. The third kappa shape index (κ3) is 3.92. The van der Waals surface area contributed by atoms with Crippen molar-refractivity contribution >= 4 is 5.97 Å². The Labute approximate surface area is 107 Å². The predicted octanol–water partition coefficient (Wildman–Crippen LogP) is -0.0930. The Bertz CT molecular complexity index is 406. The molecule has 0 bridgehead atoms. The molecule has 0 amide bonds. The minimum atomic E-state index is -1.11. The second-order valence-corrected chi connectivity index (χ2v) is 3.85. The van der Waals surface area contributed by atoms with Gasteiger partial charge in [-0.2, -0.15) is 0 Å². The Hall–Kier alpha value is -1.75. The van der Waals surface area contributed by atoms with E-state index in [1.54, 1.807) is 18.2 Å². The third-order valence-corrected chi connectivity index (χ3v) is 2.45. The summed E-state index contributed by atoms with van der Waals surface area (Å²) in [5.74, 6) is 0.162. The van der Waals surface area contributed by atoms with E-state index in [1.165, 1.54) is 0 Å². The lowest BCUT2D eigenvalue weighted by molar-refractivity contribution is -0.430. The number of rotatable bonds is 7. The van der Waals surface area contributed by atoms with Crippen LogP contribution in [0.5, 0.6) is 11.5 Å². The summed E-state index contributed by atoms with van der Waals surface area (Å²) in [5, 5.41) is 10.6. The third-order valence-electron chi connectivity index (χ3n) is 2.45. The van der Waals surface area contributed by atoms with Gasteiger partial charge in [-0.15, -0.1) is 0 Å². The van der Waals surface area contributed by atoms with Crippen molar-refractivity contribution in [3.63, 3.8) is 0 Å². The molecule has 18 heavy (non-hydrogen) atoms. The standard InChI is InChI=1S/C13H19NO4/c1-3-17-11-6-5-9(7-12(11)18-4-2)10(14)8-13(15)16/h5-7,10H,3-4,8,14H2,1-2H3,(H,15,16)/t10-/m0/s1. The second-order valence-electron chi connectivity index (χ2n) is 3.85. The number of carbonyl (C=O) groups is 1. The maximum atomic E-state index is 10.6. The summed E-state index contributed by atoms with van der Waals surface area (Å²) < 4.78 is 10.9. The zero-order valence-corrected chi connectivity index (χ0v) is 10.8. The SMILES string of the molecule is CCOc1ccc([C@@H]([NH3+])CC(=O)[O-])cc1OCC. The van der Waals surface area contributed by atoms with E-state index < -0.39 is 5.97 Å². The summed E-state index contributed by atoms with van der Waals surface area (Å²) in [7, 11) is 0. The van der Waals surface area contributed by atoms with Crippen molar-refractivity contribution in [2.24, 2.45) is 0 Å². The van der Waals surface area contributed by atoms with Crippen LogP contribution in [0.25, 0.3) is 0 Å². The van der Waals surface area contributed by atoms with Crippen molar-refractivity contribution in [1.82, 2.24) is 0 Å². The van der Waals surface area contributed by atoms with Gasteiger partial charge in [-0.25, -0.2) is 0 Å². The predicted molar refractivity (Wildman–Crippen MR) is 64.0 cm³/mol. The van der Waals surface area contributed by atoms with Crippen LogP contribution in [0.4, 0.5) is 0 Å². The van der Waals surface area contributed by atoms with Gasteiger partial charge in [0.2, 0.25) is 0 Å². The highest BCUT2D eigenvalue weighted by molar-refractivity contribution is 5.65. The number of ether oxygens (including phenoxy) is 2. The lowest BCUT2D eigenvalue weighted by Crippen LogP contribution is -2.55. The van der Waals surface area contributed by atoms with Gasteiger partial charge in [0, 0.05) is 18.0 Å². The molecule has 0 aromatic heterocycles. The van der Waals surface area contributed by atoms with E-state index in [0.29, 0.717) is 24.7 Å². The molecule has 5 nitrogen and oxygen atoms in total. The van der Waals surface area contributed by atoms with Crippen molar-refractivity contribution in [1.29, 1.82) is 0 Å². The van der Waals surface area contributed by atoms with Crippen LogP contribution in [0.3, 0.4) is 0 Å². The maximum absolute atomic E-state index is 10.6. The Morgan fingerprint density at radius 2 is 1.89 bits per heavy atom. The first-order valence-corrected chi connectivity index (χ1v) is 6.00. The highest BCUT2D eigenvalue weighted by Crippen LogP contribution is 2.30. The Kier molecular flexibility index (Phi) is 5.45. The van der Waals surface area contributed by atoms with Crippen molar-refractivity contribution in [3.05, 3.63) is 23.8 Å². The number of aliphatic carboxylic acids is 1. The van der Waals surface area contributed by atoms with Crippen LogP contribution < -0.4 is 20.3 Å². The first-order chi connectivity index (χ1) is 8.58. The van der Waals surface area contributed by atoms with E-state index in [4.69, 9.17) is 9.47 Å².